The molecule has 2 aromatic carbocycles. The highest BCUT2D eigenvalue weighted by Gasteiger charge is 2.36. The number of ether oxygens (including phenoxy) is 3. The van der Waals surface area contributed by atoms with E-state index in [0.717, 1.165) is 27.7 Å². The minimum Gasteiger partial charge on any atom is -0.490 e. The predicted molar refractivity (Wildman–Crippen MR) is 249 cm³/mol. The van der Waals surface area contributed by atoms with Crippen LogP contribution in [0.2, 0.25) is 0 Å². The van der Waals surface area contributed by atoms with Crippen LogP contribution in [-0.4, -0.2) is 123 Å². The van der Waals surface area contributed by atoms with E-state index in [1.54, 1.807) is 52.1 Å². The Morgan fingerprint density at radius 1 is 0.683 bits per heavy atom. The number of amides is 3. The Kier molecular flexibility index (Phi) is 17.8. The largest absolute Gasteiger partial charge is 0.490 e. The number of carbonyl (C=O) groups excluding carboxylic acids is 3. The van der Waals surface area contributed by atoms with Crippen molar-refractivity contribution in [2.24, 2.45) is 0 Å². The Labute approximate surface area is 387 Å². The van der Waals surface area contributed by atoms with Gasteiger partial charge in [-0.1, -0.05) is 60.7 Å². The SMILES string of the molecule is CC(C)(C)OC(=O)N1CCN(C(=O)c2csc(-c3ccccc3)n2)C(COc2cccnc2)C1.Cl.Cl.O=C(c1csc(-c2ccccc2)n1)N1CCNCC1COc1cccnc1. The van der Waals surface area contributed by atoms with Crippen molar-refractivity contribution in [1.29, 1.82) is 0 Å². The van der Waals surface area contributed by atoms with Gasteiger partial charge < -0.3 is 34.2 Å². The van der Waals surface area contributed by atoms with Crippen molar-refractivity contribution < 1.29 is 28.6 Å². The Balaban J connectivity index is 0.000000236. The van der Waals surface area contributed by atoms with Gasteiger partial charge >= 0.3 is 6.09 Å². The third kappa shape index (κ3) is 13.4. The van der Waals surface area contributed by atoms with E-state index in [9.17, 15) is 14.4 Å². The van der Waals surface area contributed by atoms with Crippen LogP contribution in [0.3, 0.4) is 0 Å². The van der Waals surface area contributed by atoms with E-state index in [1.807, 2.05) is 104 Å². The summed E-state index contributed by atoms with van der Waals surface area (Å²) in [7, 11) is 0. The lowest BCUT2D eigenvalue weighted by Gasteiger charge is -2.41. The van der Waals surface area contributed by atoms with Crippen LogP contribution in [0, 0.1) is 0 Å². The van der Waals surface area contributed by atoms with Crippen LogP contribution < -0.4 is 14.8 Å². The van der Waals surface area contributed by atoms with E-state index >= 15 is 0 Å². The van der Waals surface area contributed by atoms with Crippen LogP contribution >= 0.6 is 47.5 Å². The van der Waals surface area contributed by atoms with Crippen LogP contribution in [0.1, 0.15) is 41.7 Å². The van der Waals surface area contributed by atoms with Gasteiger partial charge in [0.25, 0.3) is 11.8 Å². The zero-order valence-corrected chi connectivity index (χ0v) is 38.3. The summed E-state index contributed by atoms with van der Waals surface area (Å²) in [6, 6.07) is 26.6. The summed E-state index contributed by atoms with van der Waals surface area (Å²) in [5, 5.41) is 8.60. The first kappa shape index (κ1) is 48.4. The van der Waals surface area contributed by atoms with Crippen molar-refractivity contribution in [3.8, 4) is 32.6 Å². The second-order valence-corrected chi connectivity index (χ2v) is 17.0. The number of piperazine rings is 2. The topological polar surface area (TPSA) is 152 Å². The highest BCUT2D eigenvalue weighted by atomic mass is 35.5. The summed E-state index contributed by atoms with van der Waals surface area (Å²) in [6.07, 6.45) is 6.27. The number of carbonyl (C=O) groups is 3. The fourth-order valence-corrected chi connectivity index (χ4v) is 8.25. The van der Waals surface area contributed by atoms with Crippen LogP contribution in [0.4, 0.5) is 4.79 Å². The molecule has 0 spiro atoms. The second kappa shape index (κ2) is 23.2. The molecule has 63 heavy (non-hydrogen) atoms. The van der Waals surface area contributed by atoms with Crippen LogP contribution in [0.5, 0.6) is 11.5 Å². The Bertz CT molecular complexity index is 2340. The van der Waals surface area contributed by atoms with E-state index < -0.39 is 11.7 Å². The Hall–Kier alpha value is -5.65. The van der Waals surface area contributed by atoms with Crippen molar-refractivity contribution in [3.63, 3.8) is 0 Å². The monoisotopic (exact) mass is 932 g/mol. The molecule has 2 atom stereocenters. The number of rotatable bonds is 10. The minimum absolute atomic E-state index is 0. The molecule has 0 aliphatic carbocycles. The van der Waals surface area contributed by atoms with E-state index in [4.69, 9.17) is 14.2 Å². The molecule has 4 aromatic heterocycles. The predicted octanol–water partition coefficient (Wildman–Crippen LogP) is 7.89. The average molecular weight is 934 g/mol. The summed E-state index contributed by atoms with van der Waals surface area (Å²) in [5.74, 6) is 1.08. The quantitative estimate of drug-likeness (QED) is 0.143. The molecule has 0 bridgehead atoms. The zero-order chi connectivity index (χ0) is 42.6. The molecule has 332 valence electrons. The molecule has 1 N–H and O–H groups in total. The van der Waals surface area contributed by atoms with Crippen LogP contribution in [0.15, 0.2) is 120 Å². The van der Waals surface area contributed by atoms with Gasteiger partial charge in [-0.3, -0.25) is 19.6 Å². The molecular formula is C45H50Cl2N8O6S2. The number of nitrogens with one attached hydrogen (secondary N) is 1. The minimum atomic E-state index is -0.597. The first-order valence-corrected chi connectivity index (χ1v) is 21.8. The maximum absolute atomic E-state index is 13.4. The van der Waals surface area contributed by atoms with Gasteiger partial charge in [0, 0.05) is 73.5 Å². The normalized spacial score (nSPS) is 16.0. The summed E-state index contributed by atoms with van der Waals surface area (Å²) in [6.45, 7) is 9.27. The Morgan fingerprint density at radius 2 is 1.19 bits per heavy atom. The first-order valence-electron chi connectivity index (χ1n) is 20.0. The molecule has 6 aromatic rings. The van der Waals surface area contributed by atoms with Gasteiger partial charge in [-0.25, -0.2) is 14.8 Å². The third-order valence-electron chi connectivity index (χ3n) is 9.65. The molecule has 18 heteroatoms. The van der Waals surface area contributed by atoms with E-state index in [-0.39, 0.29) is 55.3 Å². The molecule has 2 unspecified atom stereocenters. The lowest BCUT2D eigenvalue weighted by Crippen LogP contribution is -2.59. The Morgan fingerprint density at radius 3 is 1.68 bits per heavy atom. The lowest BCUT2D eigenvalue weighted by atomic mass is 10.1. The summed E-state index contributed by atoms with van der Waals surface area (Å²) < 4.78 is 17.3. The van der Waals surface area contributed by atoms with Gasteiger partial charge in [0.1, 0.15) is 51.7 Å². The van der Waals surface area contributed by atoms with E-state index in [2.05, 4.69) is 25.3 Å². The van der Waals surface area contributed by atoms with Gasteiger partial charge in [0.05, 0.1) is 24.5 Å². The fraction of sp³-hybridized carbons (Fsp3) is 0.311. The number of aromatic nitrogens is 4. The van der Waals surface area contributed by atoms with E-state index in [0.29, 0.717) is 62.2 Å². The first-order chi connectivity index (χ1) is 29.6. The summed E-state index contributed by atoms with van der Waals surface area (Å²) in [5.41, 5.74) is 2.28. The molecule has 14 nitrogen and oxygen atoms in total. The zero-order valence-electron chi connectivity index (χ0n) is 35.1. The molecule has 0 saturated carbocycles. The number of nitrogens with zero attached hydrogens (tertiary/aromatic N) is 7. The third-order valence-corrected chi connectivity index (χ3v) is 11.4. The number of hydrogen-bond donors (Lipinski definition) is 1. The van der Waals surface area contributed by atoms with Gasteiger partial charge in [0.15, 0.2) is 0 Å². The molecule has 2 fully saturated rings. The van der Waals surface area contributed by atoms with E-state index in [1.165, 1.54) is 22.7 Å². The molecule has 2 aliphatic rings. The summed E-state index contributed by atoms with van der Waals surface area (Å²) >= 11 is 2.93. The number of benzene rings is 2. The van der Waals surface area contributed by atoms with Gasteiger partial charge in [-0.15, -0.1) is 47.5 Å². The summed E-state index contributed by atoms with van der Waals surface area (Å²) in [4.78, 5) is 61.6. The smallest absolute Gasteiger partial charge is 0.410 e. The lowest BCUT2D eigenvalue weighted by molar-refractivity contribution is -0.00107. The van der Waals surface area contributed by atoms with Crippen molar-refractivity contribution in [3.05, 3.63) is 132 Å². The molecule has 2 saturated heterocycles. The molecule has 8 rings (SSSR count). The molecule has 6 heterocycles. The molecular weight excluding hydrogens is 884 g/mol. The van der Waals surface area contributed by atoms with Gasteiger partial charge in [-0.2, -0.15) is 0 Å². The number of pyridine rings is 2. The van der Waals surface area contributed by atoms with Gasteiger partial charge in [-0.05, 0) is 45.0 Å². The van der Waals surface area contributed by atoms with Crippen molar-refractivity contribution in [2.75, 3.05) is 52.5 Å². The number of thiazole rings is 2. The maximum atomic E-state index is 13.4. The average Bonchev–Trinajstić information content (AvgIpc) is 4.00. The second-order valence-electron chi connectivity index (χ2n) is 15.2. The highest BCUT2D eigenvalue weighted by Crippen LogP contribution is 2.27. The number of hydrogen-bond acceptors (Lipinski definition) is 13. The van der Waals surface area contributed by atoms with Crippen molar-refractivity contribution >= 4 is 65.4 Å². The van der Waals surface area contributed by atoms with Crippen molar-refractivity contribution in [1.82, 2.24) is 40.0 Å². The number of halogens is 2. The molecule has 3 amide bonds. The van der Waals surface area contributed by atoms with Crippen LogP contribution in [-0.2, 0) is 4.74 Å². The maximum Gasteiger partial charge on any atom is 0.410 e. The fourth-order valence-electron chi connectivity index (χ4n) is 6.65. The standard InChI is InChI=1S/C25H28N4O4S.C20H20N4O2S.2ClH/c1-25(2,3)33-24(31)28-12-13-29(19(15-28)16-32-20-10-7-11-26-14-20)23(30)21-17-34-22(27-21)18-8-5-4-6-9-18;25-20(18-14-27-19(23-18)15-5-2-1-3-6-15)24-10-9-22-11-16(24)13-26-17-7-4-8-21-12-17;;/h4-11,14,17,19H,12-13,15-16H2,1-3H3;1-8,12,14,16,22H,9-11,13H2;2*1H. The molecule has 0 radical (unpaired) electrons. The highest BCUT2D eigenvalue weighted by molar-refractivity contribution is 7.13. The van der Waals surface area contributed by atoms with Crippen molar-refractivity contribution in [2.45, 2.75) is 38.5 Å². The van der Waals surface area contributed by atoms with Gasteiger partial charge in [0.2, 0.25) is 0 Å². The van der Waals surface area contributed by atoms with Crippen LogP contribution in [0.25, 0.3) is 21.1 Å². The molecule has 2 aliphatic heterocycles.